The van der Waals surface area contributed by atoms with Gasteiger partial charge in [-0.1, -0.05) is 0 Å². The first kappa shape index (κ1) is 19.4. The molecule has 29 heavy (non-hydrogen) atoms. The zero-order chi connectivity index (χ0) is 20.4. The maximum Gasteiger partial charge on any atom is 0.338 e. The number of benzene rings is 1. The van der Waals surface area contributed by atoms with E-state index in [1.807, 2.05) is 12.1 Å². The summed E-state index contributed by atoms with van der Waals surface area (Å²) >= 11 is 1.29. The van der Waals surface area contributed by atoms with Gasteiger partial charge in [-0.05, 0) is 61.6 Å². The second kappa shape index (κ2) is 8.21. The summed E-state index contributed by atoms with van der Waals surface area (Å²) in [4.78, 5) is 40.6. The Balaban J connectivity index is 1.40. The van der Waals surface area contributed by atoms with Crippen molar-refractivity contribution in [3.05, 3.63) is 56.9 Å². The summed E-state index contributed by atoms with van der Waals surface area (Å²) < 4.78 is 5.26. The van der Waals surface area contributed by atoms with Crippen LogP contribution in [0.4, 0.5) is 0 Å². The zero-order valence-electron chi connectivity index (χ0n) is 16.2. The number of aromatic amines is 1. The number of Topliss-reactive ketones (excluding diaryl/α,β-unsaturated/α-hetero) is 1. The monoisotopic (exact) mass is 410 g/mol. The van der Waals surface area contributed by atoms with Crippen molar-refractivity contribution in [2.75, 3.05) is 6.61 Å². The Kier molecular flexibility index (Phi) is 5.49. The summed E-state index contributed by atoms with van der Waals surface area (Å²) in [7, 11) is 0. The first-order valence-corrected chi connectivity index (χ1v) is 10.5. The maximum atomic E-state index is 12.5. The van der Waals surface area contributed by atoms with Crippen molar-refractivity contribution in [3.8, 4) is 0 Å². The van der Waals surface area contributed by atoms with Gasteiger partial charge in [0.25, 0.3) is 0 Å². The average Bonchev–Trinajstić information content (AvgIpc) is 3.34. The van der Waals surface area contributed by atoms with Crippen molar-refractivity contribution in [1.82, 2.24) is 10.3 Å². The van der Waals surface area contributed by atoms with Crippen LogP contribution in [0.2, 0.25) is 0 Å². The fourth-order valence-corrected chi connectivity index (χ4v) is 4.52. The van der Waals surface area contributed by atoms with Crippen molar-refractivity contribution in [2.45, 2.75) is 39.2 Å². The van der Waals surface area contributed by atoms with Crippen LogP contribution in [-0.4, -0.2) is 29.3 Å². The minimum absolute atomic E-state index is 0.124. The second-order valence-electron chi connectivity index (χ2n) is 7.22. The molecule has 4 rings (SSSR count). The predicted octanol–water partition coefficient (Wildman–Crippen LogP) is 3.78. The molecule has 2 aromatic heterocycles. The van der Waals surface area contributed by atoms with Gasteiger partial charge in [0.1, 0.15) is 0 Å². The highest BCUT2D eigenvalue weighted by atomic mass is 32.1. The van der Waals surface area contributed by atoms with Crippen LogP contribution in [0.25, 0.3) is 10.9 Å². The number of thiophene rings is 1. The lowest BCUT2D eigenvalue weighted by Gasteiger charge is -2.10. The number of hydrogen-bond donors (Lipinski definition) is 2. The Bertz CT molecular complexity index is 1100. The smallest absolute Gasteiger partial charge is 0.338 e. The summed E-state index contributed by atoms with van der Waals surface area (Å²) in [6.45, 7) is 1.52. The average molecular weight is 410 g/mol. The Morgan fingerprint density at radius 3 is 2.79 bits per heavy atom. The standard InChI is InChI=1S/C22H22N2O4S/c1-13(25)23-11-15-7-9-21(29-15)20(26)12-28-22(27)14-6-8-19-17(10-14)16-4-2-3-5-18(16)24-19/h6-10,24H,2-5,11-12H2,1H3,(H,23,25). The Morgan fingerprint density at radius 2 is 1.97 bits per heavy atom. The Labute approximate surface area is 172 Å². The third kappa shape index (κ3) is 4.24. The molecule has 0 aliphatic heterocycles. The van der Waals surface area contributed by atoms with E-state index in [2.05, 4.69) is 10.3 Å². The fourth-order valence-electron chi connectivity index (χ4n) is 3.65. The minimum atomic E-state index is -0.499. The van der Waals surface area contributed by atoms with Gasteiger partial charge < -0.3 is 15.0 Å². The lowest BCUT2D eigenvalue weighted by atomic mass is 9.95. The van der Waals surface area contributed by atoms with Crippen molar-refractivity contribution in [1.29, 1.82) is 0 Å². The van der Waals surface area contributed by atoms with Gasteiger partial charge in [-0.15, -0.1) is 11.3 Å². The van der Waals surface area contributed by atoms with E-state index in [9.17, 15) is 14.4 Å². The molecule has 1 aromatic carbocycles. The minimum Gasteiger partial charge on any atom is -0.454 e. The van der Waals surface area contributed by atoms with Gasteiger partial charge in [0.15, 0.2) is 6.61 Å². The van der Waals surface area contributed by atoms with Gasteiger partial charge in [-0.2, -0.15) is 0 Å². The van der Waals surface area contributed by atoms with Gasteiger partial charge in [-0.3, -0.25) is 9.59 Å². The number of nitrogens with one attached hydrogen (secondary N) is 2. The first-order valence-electron chi connectivity index (χ1n) is 9.68. The van der Waals surface area contributed by atoms with E-state index in [4.69, 9.17) is 4.74 Å². The largest absolute Gasteiger partial charge is 0.454 e. The van der Waals surface area contributed by atoms with Gasteiger partial charge in [0, 0.05) is 28.4 Å². The van der Waals surface area contributed by atoms with E-state index < -0.39 is 5.97 Å². The molecule has 1 aliphatic carbocycles. The van der Waals surface area contributed by atoms with E-state index in [-0.39, 0.29) is 18.3 Å². The molecule has 0 bridgehead atoms. The number of rotatable bonds is 6. The lowest BCUT2D eigenvalue weighted by molar-refractivity contribution is -0.119. The second-order valence-corrected chi connectivity index (χ2v) is 8.39. The molecule has 7 heteroatoms. The van der Waals surface area contributed by atoms with E-state index in [0.29, 0.717) is 17.0 Å². The van der Waals surface area contributed by atoms with E-state index >= 15 is 0 Å². The summed E-state index contributed by atoms with van der Waals surface area (Å²) in [6.07, 6.45) is 4.41. The molecule has 0 radical (unpaired) electrons. The van der Waals surface area contributed by atoms with E-state index in [0.717, 1.165) is 35.0 Å². The number of carbonyl (C=O) groups excluding carboxylic acids is 3. The molecule has 0 fully saturated rings. The summed E-state index contributed by atoms with van der Waals surface area (Å²) in [5, 5.41) is 3.76. The van der Waals surface area contributed by atoms with E-state index in [1.165, 1.54) is 35.9 Å². The van der Waals surface area contributed by atoms with Crippen LogP contribution in [0, 0.1) is 0 Å². The molecule has 0 atom stereocenters. The number of H-pyrrole nitrogens is 1. The van der Waals surface area contributed by atoms with Crippen LogP contribution < -0.4 is 5.32 Å². The molecule has 3 aromatic rings. The quantitative estimate of drug-likeness (QED) is 0.478. The highest BCUT2D eigenvalue weighted by molar-refractivity contribution is 7.14. The van der Waals surface area contributed by atoms with Gasteiger partial charge in [-0.25, -0.2) is 4.79 Å². The number of ether oxygens (including phenoxy) is 1. The van der Waals surface area contributed by atoms with Crippen LogP contribution in [0.1, 0.15) is 55.9 Å². The predicted molar refractivity (Wildman–Crippen MR) is 111 cm³/mol. The van der Waals surface area contributed by atoms with E-state index in [1.54, 1.807) is 18.2 Å². The van der Waals surface area contributed by atoms with Crippen LogP contribution in [0.3, 0.4) is 0 Å². The van der Waals surface area contributed by atoms with Crippen LogP contribution in [-0.2, 0) is 28.9 Å². The highest BCUT2D eigenvalue weighted by Crippen LogP contribution is 2.29. The Morgan fingerprint density at radius 1 is 1.14 bits per heavy atom. The number of esters is 1. The normalized spacial score (nSPS) is 13.1. The number of fused-ring (bicyclic) bond motifs is 3. The summed E-state index contributed by atoms with van der Waals surface area (Å²) in [5.74, 6) is -0.876. The van der Waals surface area contributed by atoms with Gasteiger partial charge in [0.05, 0.1) is 17.0 Å². The Hall–Kier alpha value is -2.93. The molecule has 1 amide bonds. The molecule has 0 unspecified atom stereocenters. The molecule has 2 heterocycles. The maximum absolute atomic E-state index is 12.5. The van der Waals surface area contributed by atoms with Crippen molar-refractivity contribution < 1.29 is 19.1 Å². The molecule has 0 spiro atoms. The lowest BCUT2D eigenvalue weighted by Crippen LogP contribution is -2.18. The van der Waals surface area contributed by atoms with Crippen LogP contribution in [0.15, 0.2) is 30.3 Å². The fraction of sp³-hybridized carbons (Fsp3) is 0.318. The molecule has 0 saturated heterocycles. The number of amides is 1. The number of hydrogen-bond acceptors (Lipinski definition) is 5. The number of aromatic nitrogens is 1. The molecular weight excluding hydrogens is 388 g/mol. The van der Waals surface area contributed by atoms with Crippen molar-refractivity contribution >= 4 is 39.9 Å². The highest BCUT2D eigenvalue weighted by Gasteiger charge is 2.18. The molecular formula is C22H22N2O4S. The molecule has 2 N–H and O–H groups in total. The van der Waals surface area contributed by atoms with Crippen molar-refractivity contribution in [2.24, 2.45) is 0 Å². The molecule has 1 aliphatic rings. The molecule has 150 valence electrons. The van der Waals surface area contributed by atoms with Crippen molar-refractivity contribution in [3.63, 3.8) is 0 Å². The SMILES string of the molecule is CC(=O)NCc1ccc(C(=O)COC(=O)c2ccc3[nH]c4c(c3c2)CCCC4)s1. The molecule has 0 saturated carbocycles. The first-order chi connectivity index (χ1) is 14.0. The third-order valence-corrected chi connectivity index (χ3v) is 6.24. The summed E-state index contributed by atoms with van der Waals surface area (Å²) in [5.41, 5.74) is 4.05. The number of carbonyl (C=O) groups is 3. The topological polar surface area (TPSA) is 88.3 Å². The number of ketones is 1. The molecule has 6 nitrogen and oxygen atoms in total. The van der Waals surface area contributed by atoms with Crippen LogP contribution >= 0.6 is 11.3 Å². The zero-order valence-corrected chi connectivity index (χ0v) is 17.0. The third-order valence-electron chi connectivity index (χ3n) is 5.12. The number of aryl methyl sites for hydroxylation is 2. The summed E-state index contributed by atoms with van der Waals surface area (Å²) in [6, 6.07) is 8.97. The van der Waals surface area contributed by atoms with Gasteiger partial charge >= 0.3 is 5.97 Å². The van der Waals surface area contributed by atoms with Gasteiger partial charge in [0.2, 0.25) is 11.7 Å². The van der Waals surface area contributed by atoms with Crippen LogP contribution in [0.5, 0.6) is 0 Å².